The van der Waals surface area contributed by atoms with Crippen LogP contribution in [0.3, 0.4) is 0 Å². The summed E-state index contributed by atoms with van der Waals surface area (Å²) >= 11 is 0. The number of fused-ring (bicyclic) bond motifs is 2. The number of rotatable bonds is 5. The molecule has 1 aliphatic rings. The maximum absolute atomic E-state index is 14.1. The van der Waals surface area contributed by atoms with Gasteiger partial charge in [-0.1, -0.05) is 36.4 Å². The van der Waals surface area contributed by atoms with Gasteiger partial charge in [0.2, 0.25) is 0 Å². The van der Waals surface area contributed by atoms with E-state index >= 15 is 0 Å². The van der Waals surface area contributed by atoms with Crippen LogP contribution in [0.5, 0.6) is 23.0 Å². The molecule has 3 aromatic carbocycles. The summed E-state index contributed by atoms with van der Waals surface area (Å²) in [5.41, 5.74) is 0. The first-order valence-electron chi connectivity index (χ1n) is 12.5. The molecule has 0 aromatic heterocycles. The number of benzene rings is 3. The summed E-state index contributed by atoms with van der Waals surface area (Å²) in [4.78, 5) is 0. The minimum Gasteiger partial charge on any atom is -0.487 e. The van der Waals surface area contributed by atoms with E-state index in [9.17, 15) is 4.57 Å². The van der Waals surface area contributed by atoms with Crippen molar-refractivity contribution < 1.29 is 37.5 Å². The van der Waals surface area contributed by atoms with E-state index in [0.717, 1.165) is 0 Å². The average molecular weight is 541 g/mol. The number of hydrogen-bond acceptors (Lipinski definition) is 8. The summed E-state index contributed by atoms with van der Waals surface area (Å²) in [6.07, 6.45) is 1.58. The molecule has 1 aliphatic heterocycles. The Hall–Kier alpha value is -3.29. The topological polar surface area (TPSA) is 81.7 Å². The Balaban J connectivity index is 1.49. The van der Waals surface area contributed by atoms with Crippen LogP contribution in [-0.2, 0) is 18.6 Å². The summed E-state index contributed by atoms with van der Waals surface area (Å²) in [6, 6.07) is 21.8. The second-order valence-corrected chi connectivity index (χ2v) is 10.6. The molecular formula is C29H33O8P. The summed E-state index contributed by atoms with van der Waals surface area (Å²) in [5.74, 6) is 2.26. The van der Waals surface area contributed by atoms with Crippen LogP contribution in [0.4, 0.5) is 0 Å². The molecule has 1 atom stereocenters. The highest BCUT2D eigenvalue weighted by Crippen LogP contribution is 2.46. The highest BCUT2D eigenvalue weighted by Gasteiger charge is 2.29. The second kappa shape index (κ2) is 14.6. The maximum Gasteiger partial charge on any atom is 0.261 e. The predicted octanol–water partition coefficient (Wildman–Crippen LogP) is 4.38. The molecule has 0 amide bonds. The molecule has 8 nitrogen and oxygen atoms in total. The smallest absolute Gasteiger partial charge is 0.261 e. The van der Waals surface area contributed by atoms with Crippen LogP contribution in [0.25, 0.3) is 0 Å². The van der Waals surface area contributed by atoms with Crippen LogP contribution in [0, 0.1) is 0 Å². The minimum absolute atomic E-state index is 0.141. The zero-order valence-electron chi connectivity index (χ0n) is 21.3. The average Bonchev–Trinajstić information content (AvgIpc) is 2.96. The molecule has 0 aliphatic carbocycles. The van der Waals surface area contributed by atoms with Gasteiger partial charge in [-0.2, -0.15) is 0 Å². The Morgan fingerprint density at radius 3 is 1.68 bits per heavy atom. The van der Waals surface area contributed by atoms with Crippen molar-refractivity contribution in [2.45, 2.75) is 0 Å². The van der Waals surface area contributed by atoms with E-state index in [2.05, 4.69) is 6.58 Å². The van der Waals surface area contributed by atoms with Crippen molar-refractivity contribution in [2.75, 3.05) is 59.5 Å². The molecule has 0 saturated heterocycles. The van der Waals surface area contributed by atoms with Gasteiger partial charge in [-0.25, -0.2) is 0 Å². The predicted molar refractivity (Wildman–Crippen MR) is 146 cm³/mol. The van der Waals surface area contributed by atoms with E-state index in [1.54, 1.807) is 36.4 Å². The molecule has 202 valence electrons. The van der Waals surface area contributed by atoms with Gasteiger partial charge < -0.3 is 32.9 Å². The highest BCUT2D eigenvalue weighted by molar-refractivity contribution is 7.74. The molecule has 38 heavy (non-hydrogen) atoms. The van der Waals surface area contributed by atoms with Gasteiger partial charge in [-0.05, 0) is 42.5 Å². The lowest BCUT2D eigenvalue weighted by atomic mass is 10.3. The highest BCUT2D eigenvalue weighted by atomic mass is 31.2. The lowest BCUT2D eigenvalue weighted by Gasteiger charge is -2.21. The molecule has 0 radical (unpaired) electrons. The monoisotopic (exact) mass is 540 g/mol. The summed E-state index contributed by atoms with van der Waals surface area (Å²) in [7, 11) is -3.40. The molecule has 0 N–H and O–H groups in total. The molecule has 4 rings (SSSR count). The number of para-hydroxylation sites is 2. The van der Waals surface area contributed by atoms with Gasteiger partial charge in [-0.15, -0.1) is 6.58 Å². The lowest BCUT2D eigenvalue weighted by Crippen LogP contribution is -2.20. The Labute approximate surface area is 223 Å². The zero-order valence-corrected chi connectivity index (χ0v) is 22.2. The molecule has 1 unspecified atom stereocenters. The van der Waals surface area contributed by atoms with Crippen LogP contribution < -0.4 is 29.6 Å². The fourth-order valence-corrected chi connectivity index (χ4v) is 5.76. The summed E-state index contributed by atoms with van der Waals surface area (Å²) < 4.78 is 54.9. The third-order valence-electron chi connectivity index (χ3n) is 5.53. The van der Waals surface area contributed by atoms with Crippen molar-refractivity contribution in [2.24, 2.45) is 0 Å². The lowest BCUT2D eigenvalue weighted by molar-refractivity contribution is 0.0640. The van der Waals surface area contributed by atoms with E-state index in [0.29, 0.717) is 79.9 Å². The van der Waals surface area contributed by atoms with Crippen molar-refractivity contribution in [3.8, 4) is 23.0 Å². The standard InChI is InChI=1S/C29H33O8P/c1-2-14-37-38(30,24-8-4-3-5-9-24)25-12-13-28-29(23-25)36-22-18-32-16-20-34-27-11-7-6-10-26(27)33-19-15-31-17-21-35-28/h2-13,23H,1,14-22H2. The summed E-state index contributed by atoms with van der Waals surface area (Å²) in [5, 5.41) is 1.08. The van der Waals surface area contributed by atoms with E-state index in [1.807, 2.05) is 42.5 Å². The minimum atomic E-state index is -3.40. The molecular weight excluding hydrogens is 507 g/mol. The number of ether oxygens (including phenoxy) is 6. The van der Waals surface area contributed by atoms with E-state index in [-0.39, 0.29) is 13.2 Å². The van der Waals surface area contributed by atoms with Crippen LogP contribution in [0.15, 0.2) is 85.5 Å². The van der Waals surface area contributed by atoms with Gasteiger partial charge in [0.15, 0.2) is 23.0 Å². The Bertz CT molecular complexity index is 1200. The van der Waals surface area contributed by atoms with Crippen LogP contribution in [-0.4, -0.2) is 59.5 Å². The van der Waals surface area contributed by atoms with Crippen molar-refractivity contribution >= 4 is 18.0 Å². The Morgan fingerprint density at radius 1 is 0.632 bits per heavy atom. The first-order valence-corrected chi connectivity index (χ1v) is 14.1. The molecule has 0 saturated carbocycles. The second-order valence-electron chi connectivity index (χ2n) is 8.17. The first-order chi connectivity index (χ1) is 18.7. The quantitative estimate of drug-likeness (QED) is 0.349. The van der Waals surface area contributed by atoms with Crippen molar-refractivity contribution in [1.82, 2.24) is 0 Å². The fourth-order valence-electron chi connectivity index (χ4n) is 3.73. The summed E-state index contributed by atoms with van der Waals surface area (Å²) in [6.45, 7) is 6.60. The molecule has 3 aromatic rings. The zero-order chi connectivity index (χ0) is 26.5. The molecule has 0 spiro atoms. The third kappa shape index (κ3) is 7.62. The number of hydrogen-bond donors (Lipinski definition) is 0. The van der Waals surface area contributed by atoms with Crippen LogP contribution >= 0.6 is 7.37 Å². The van der Waals surface area contributed by atoms with E-state index < -0.39 is 7.37 Å². The Morgan fingerprint density at radius 2 is 1.13 bits per heavy atom. The fraction of sp³-hybridized carbons (Fsp3) is 0.310. The van der Waals surface area contributed by atoms with Gasteiger partial charge in [0, 0.05) is 10.6 Å². The largest absolute Gasteiger partial charge is 0.487 e. The van der Waals surface area contributed by atoms with Crippen LogP contribution in [0.1, 0.15) is 0 Å². The first kappa shape index (κ1) is 27.7. The molecule has 1 heterocycles. The normalized spacial score (nSPS) is 16.8. The van der Waals surface area contributed by atoms with E-state index in [1.165, 1.54) is 0 Å². The molecule has 0 fully saturated rings. The van der Waals surface area contributed by atoms with Crippen molar-refractivity contribution in [3.63, 3.8) is 0 Å². The van der Waals surface area contributed by atoms with Crippen molar-refractivity contribution in [3.05, 3.63) is 85.5 Å². The molecule has 9 heteroatoms. The maximum atomic E-state index is 14.1. The van der Waals surface area contributed by atoms with Gasteiger partial charge >= 0.3 is 0 Å². The Kier molecular flexibility index (Phi) is 10.7. The SMILES string of the molecule is C=CCOP(=O)(c1ccccc1)c1ccc2c(c1)OCCOCCOc1ccccc1OCCOCCO2. The van der Waals surface area contributed by atoms with Crippen LogP contribution in [0.2, 0.25) is 0 Å². The molecule has 0 bridgehead atoms. The van der Waals surface area contributed by atoms with E-state index in [4.69, 9.17) is 32.9 Å². The third-order valence-corrected chi connectivity index (χ3v) is 7.98. The van der Waals surface area contributed by atoms with Gasteiger partial charge in [0.1, 0.15) is 26.4 Å². The van der Waals surface area contributed by atoms with Crippen molar-refractivity contribution in [1.29, 1.82) is 0 Å². The van der Waals surface area contributed by atoms with Gasteiger partial charge in [0.25, 0.3) is 7.37 Å². The van der Waals surface area contributed by atoms with Gasteiger partial charge in [0.05, 0.1) is 33.0 Å². The van der Waals surface area contributed by atoms with Gasteiger partial charge in [-0.3, -0.25) is 4.57 Å².